The molecule has 2 rings (SSSR count). The lowest BCUT2D eigenvalue weighted by Gasteiger charge is -2.13. The Morgan fingerprint density at radius 3 is 2.84 bits per heavy atom. The predicted molar refractivity (Wildman–Crippen MR) is 64.4 cm³/mol. The highest BCUT2D eigenvalue weighted by molar-refractivity contribution is 5.72. The molecule has 0 bridgehead atoms. The van der Waals surface area contributed by atoms with Crippen molar-refractivity contribution in [2.45, 2.75) is 25.1 Å². The van der Waals surface area contributed by atoms with Crippen molar-refractivity contribution >= 4 is 5.97 Å². The molecule has 0 amide bonds. The van der Waals surface area contributed by atoms with E-state index in [1.807, 2.05) is 30.3 Å². The molecule has 1 heterocycles. The van der Waals surface area contributed by atoms with Crippen molar-refractivity contribution in [3.8, 4) is 0 Å². The molecule has 0 spiro atoms. The number of carboxylic acids is 1. The molecule has 104 valence electrons. The van der Waals surface area contributed by atoms with E-state index >= 15 is 0 Å². The maximum absolute atomic E-state index is 10.6. The van der Waals surface area contributed by atoms with Gasteiger partial charge in [-0.05, 0) is 5.56 Å². The second-order valence-electron chi connectivity index (χ2n) is 4.22. The Kier molecular flexibility index (Phi) is 4.86. The third-order valence-corrected chi connectivity index (χ3v) is 2.74. The summed E-state index contributed by atoms with van der Waals surface area (Å²) in [6.07, 6.45) is -3.05. The van der Waals surface area contributed by atoms with E-state index in [9.17, 15) is 9.90 Å². The van der Waals surface area contributed by atoms with Gasteiger partial charge in [0, 0.05) is 0 Å². The van der Waals surface area contributed by atoms with Crippen molar-refractivity contribution < 1.29 is 29.2 Å². The van der Waals surface area contributed by atoms with Gasteiger partial charge >= 0.3 is 5.97 Å². The summed E-state index contributed by atoms with van der Waals surface area (Å²) >= 11 is 0. The van der Waals surface area contributed by atoms with Crippen molar-refractivity contribution in [2.24, 2.45) is 0 Å². The first kappa shape index (κ1) is 14.0. The first-order valence-corrected chi connectivity index (χ1v) is 5.96. The van der Waals surface area contributed by atoms with Gasteiger partial charge in [0.05, 0.1) is 19.8 Å². The van der Waals surface area contributed by atoms with Crippen LogP contribution in [0.1, 0.15) is 5.56 Å². The summed E-state index contributed by atoms with van der Waals surface area (Å²) in [5.41, 5.74) is 1.03. The molecule has 0 aromatic heterocycles. The monoisotopic (exact) mass is 268 g/mol. The lowest BCUT2D eigenvalue weighted by Crippen LogP contribution is -2.36. The fourth-order valence-corrected chi connectivity index (χ4v) is 1.73. The summed E-state index contributed by atoms with van der Waals surface area (Å²) < 4.78 is 15.9. The molecule has 19 heavy (non-hydrogen) atoms. The van der Waals surface area contributed by atoms with E-state index in [0.29, 0.717) is 6.61 Å². The van der Waals surface area contributed by atoms with Crippen molar-refractivity contribution in [1.82, 2.24) is 0 Å². The average Bonchev–Trinajstić information content (AvgIpc) is 2.88. The molecule has 1 aromatic carbocycles. The number of carbonyl (C=O) groups is 1. The fraction of sp³-hybridized carbons (Fsp3) is 0.462. The zero-order chi connectivity index (χ0) is 13.7. The van der Waals surface area contributed by atoms with Gasteiger partial charge < -0.3 is 24.4 Å². The third-order valence-electron chi connectivity index (χ3n) is 2.74. The summed E-state index contributed by atoms with van der Waals surface area (Å²) in [4.78, 5) is 10.6. The van der Waals surface area contributed by atoms with E-state index in [2.05, 4.69) is 0 Å². The lowest BCUT2D eigenvalue weighted by molar-refractivity contribution is -0.158. The SMILES string of the molecule is O=C(O)C(O)[C@@H]1COC(COCc2ccccc2)O1. The summed E-state index contributed by atoms with van der Waals surface area (Å²) in [6, 6.07) is 9.63. The lowest BCUT2D eigenvalue weighted by atomic mass is 10.2. The van der Waals surface area contributed by atoms with Crippen molar-refractivity contribution in [3.05, 3.63) is 35.9 Å². The van der Waals surface area contributed by atoms with Crippen LogP contribution < -0.4 is 0 Å². The van der Waals surface area contributed by atoms with Crippen LogP contribution in [0.4, 0.5) is 0 Å². The van der Waals surface area contributed by atoms with Crippen LogP contribution in [0.25, 0.3) is 0 Å². The Morgan fingerprint density at radius 2 is 2.16 bits per heavy atom. The number of hydrogen-bond donors (Lipinski definition) is 2. The van der Waals surface area contributed by atoms with Crippen molar-refractivity contribution in [2.75, 3.05) is 13.2 Å². The molecule has 1 aromatic rings. The minimum absolute atomic E-state index is 0.0484. The van der Waals surface area contributed by atoms with Gasteiger partial charge in [0.15, 0.2) is 12.4 Å². The minimum Gasteiger partial charge on any atom is -0.479 e. The van der Waals surface area contributed by atoms with Gasteiger partial charge in [-0.25, -0.2) is 4.79 Å². The van der Waals surface area contributed by atoms with E-state index in [4.69, 9.17) is 19.3 Å². The molecule has 2 unspecified atom stereocenters. The molecular weight excluding hydrogens is 252 g/mol. The maximum Gasteiger partial charge on any atom is 0.335 e. The molecule has 1 aliphatic heterocycles. The number of benzene rings is 1. The van der Waals surface area contributed by atoms with Crippen LogP contribution in [-0.2, 0) is 25.6 Å². The van der Waals surface area contributed by atoms with Crippen LogP contribution in [0.5, 0.6) is 0 Å². The molecule has 1 fully saturated rings. The van der Waals surface area contributed by atoms with Gasteiger partial charge in [-0.1, -0.05) is 30.3 Å². The van der Waals surface area contributed by atoms with E-state index in [1.54, 1.807) is 0 Å². The minimum atomic E-state index is -1.57. The number of aliphatic carboxylic acids is 1. The Labute approximate surface area is 110 Å². The highest BCUT2D eigenvalue weighted by Gasteiger charge is 2.35. The van der Waals surface area contributed by atoms with Crippen LogP contribution in [-0.4, -0.2) is 47.9 Å². The third kappa shape index (κ3) is 4.00. The maximum atomic E-state index is 10.6. The summed E-state index contributed by atoms with van der Waals surface area (Å²) in [5, 5.41) is 17.9. The van der Waals surface area contributed by atoms with Crippen LogP contribution in [0.15, 0.2) is 30.3 Å². The number of carboxylic acid groups (broad SMARTS) is 1. The zero-order valence-corrected chi connectivity index (χ0v) is 10.3. The van der Waals surface area contributed by atoms with E-state index in [1.165, 1.54) is 0 Å². The quantitative estimate of drug-likeness (QED) is 0.776. The van der Waals surface area contributed by atoms with Gasteiger partial charge in [0.2, 0.25) is 0 Å². The van der Waals surface area contributed by atoms with Gasteiger partial charge in [0.1, 0.15) is 6.10 Å². The molecule has 0 saturated carbocycles. The fourth-order valence-electron chi connectivity index (χ4n) is 1.73. The standard InChI is InChI=1S/C13H16O6/c14-12(13(15)16)10-7-18-11(19-10)8-17-6-9-4-2-1-3-5-9/h1-5,10-12,14H,6-8H2,(H,15,16)/t10-,11?,12?/m0/s1. The topological polar surface area (TPSA) is 85.2 Å². The largest absolute Gasteiger partial charge is 0.479 e. The molecule has 6 nitrogen and oxygen atoms in total. The Balaban J connectivity index is 1.70. The highest BCUT2D eigenvalue weighted by Crippen LogP contribution is 2.15. The van der Waals surface area contributed by atoms with Crippen LogP contribution in [0.2, 0.25) is 0 Å². The van der Waals surface area contributed by atoms with Crippen molar-refractivity contribution in [3.63, 3.8) is 0 Å². The summed E-state index contributed by atoms with van der Waals surface area (Å²) in [5.74, 6) is -1.32. The van der Waals surface area contributed by atoms with E-state index in [0.717, 1.165) is 5.56 Å². The van der Waals surface area contributed by atoms with E-state index < -0.39 is 24.5 Å². The summed E-state index contributed by atoms with van der Waals surface area (Å²) in [7, 11) is 0. The van der Waals surface area contributed by atoms with Crippen LogP contribution in [0, 0.1) is 0 Å². The van der Waals surface area contributed by atoms with Crippen LogP contribution in [0.3, 0.4) is 0 Å². The number of aliphatic hydroxyl groups excluding tert-OH is 1. The molecule has 2 N–H and O–H groups in total. The summed E-state index contributed by atoms with van der Waals surface area (Å²) in [6.45, 7) is 0.667. The Hall–Kier alpha value is -1.47. The average molecular weight is 268 g/mol. The number of hydrogen-bond acceptors (Lipinski definition) is 5. The number of aliphatic hydroxyl groups is 1. The zero-order valence-electron chi connectivity index (χ0n) is 10.3. The first-order valence-electron chi connectivity index (χ1n) is 5.96. The van der Waals surface area contributed by atoms with Crippen molar-refractivity contribution in [1.29, 1.82) is 0 Å². The molecule has 0 radical (unpaired) electrons. The molecular formula is C13H16O6. The van der Waals surface area contributed by atoms with Crippen LogP contribution >= 0.6 is 0 Å². The molecule has 3 atom stereocenters. The number of ether oxygens (including phenoxy) is 3. The molecule has 6 heteroatoms. The van der Waals surface area contributed by atoms with Gasteiger partial charge in [-0.15, -0.1) is 0 Å². The number of rotatable bonds is 6. The molecule has 1 aliphatic rings. The van der Waals surface area contributed by atoms with Gasteiger partial charge in [-0.2, -0.15) is 0 Å². The Morgan fingerprint density at radius 1 is 1.42 bits per heavy atom. The predicted octanol–water partition coefficient (Wildman–Crippen LogP) is 0.390. The van der Waals surface area contributed by atoms with E-state index in [-0.39, 0.29) is 13.2 Å². The first-order chi connectivity index (χ1) is 9.16. The second kappa shape index (κ2) is 6.63. The molecule has 1 saturated heterocycles. The smallest absolute Gasteiger partial charge is 0.335 e. The van der Waals surface area contributed by atoms with Gasteiger partial charge in [0.25, 0.3) is 0 Å². The second-order valence-corrected chi connectivity index (χ2v) is 4.22. The highest BCUT2D eigenvalue weighted by atomic mass is 16.7. The molecule has 0 aliphatic carbocycles. The normalized spacial score (nSPS) is 24.3. The Bertz CT molecular complexity index is 407. The van der Waals surface area contributed by atoms with Gasteiger partial charge in [-0.3, -0.25) is 0 Å².